The number of carbonyl (C=O) groups excluding carboxylic acids is 1. The highest BCUT2D eigenvalue weighted by Gasteiger charge is 2.35. The maximum Gasteiger partial charge on any atom is 0.243 e. The Morgan fingerprint density at radius 1 is 1.03 bits per heavy atom. The minimum absolute atomic E-state index is 0.0437. The highest BCUT2D eigenvalue weighted by molar-refractivity contribution is 7.89. The Labute approximate surface area is 226 Å². The maximum absolute atomic E-state index is 13.9. The minimum atomic E-state index is -3.75. The molecule has 0 N–H and O–H groups in total. The zero-order chi connectivity index (χ0) is 26.9. The fourth-order valence-electron chi connectivity index (χ4n) is 4.86. The molecule has 1 aromatic heterocycles. The monoisotopic (exact) mass is 551 g/mol. The Kier molecular flexibility index (Phi) is 7.61. The van der Waals surface area contributed by atoms with Crippen molar-refractivity contribution in [2.45, 2.75) is 44.0 Å². The first-order valence-corrected chi connectivity index (χ1v) is 15.0. The predicted molar refractivity (Wildman–Crippen MR) is 149 cm³/mol. The summed E-state index contributed by atoms with van der Waals surface area (Å²) in [6.45, 7) is 5.12. The van der Waals surface area contributed by atoms with E-state index in [-0.39, 0.29) is 29.8 Å². The summed E-state index contributed by atoms with van der Waals surface area (Å²) in [5.74, 6) is -0.547. The smallest absolute Gasteiger partial charge is 0.243 e. The Balaban J connectivity index is 1.39. The highest BCUT2D eigenvalue weighted by atomic mass is 32.2. The molecule has 0 radical (unpaired) electrons. The van der Waals surface area contributed by atoms with Crippen molar-refractivity contribution in [2.75, 3.05) is 18.0 Å². The number of fused-ring (bicyclic) bond motifs is 1. The molecule has 38 heavy (non-hydrogen) atoms. The van der Waals surface area contributed by atoms with Gasteiger partial charge in [-0.15, -0.1) is 0 Å². The molecule has 0 spiro atoms. The van der Waals surface area contributed by atoms with Gasteiger partial charge in [0, 0.05) is 19.0 Å². The third-order valence-electron chi connectivity index (χ3n) is 7.00. The van der Waals surface area contributed by atoms with Crippen LogP contribution in [0.4, 0.5) is 9.52 Å². The lowest BCUT2D eigenvalue weighted by atomic mass is 9.96. The van der Waals surface area contributed by atoms with Crippen LogP contribution in [-0.4, -0.2) is 36.7 Å². The van der Waals surface area contributed by atoms with Crippen molar-refractivity contribution >= 4 is 42.6 Å². The van der Waals surface area contributed by atoms with E-state index in [0.717, 1.165) is 33.5 Å². The molecule has 4 aromatic rings. The first kappa shape index (κ1) is 26.5. The number of hydrogen-bond donors (Lipinski definition) is 0. The van der Waals surface area contributed by atoms with Crippen molar-refractivity contribution in [3.63, 3.8) is 0 Å². The lowest BCUT2D eigenvalue weighted by Crippen LogP contribution is -2.44. The summed E-state index contributed by atoms with van der Waals surface area (Å²) in [5.41, 5.74) is 3.07. The second-order valence-corrected chi connectivity index (χ2v) is 12.8. The number of aromatic nitrogens is 1. The van der Waals surface area contributed by atoms with Gasteiger partial charge in [0.15, 0.2) is 5.13 Å². The summed E-state index contributed by atoms with van der Waals surface area (Å²) in [6, 6.07) is 20.8. The van der Waals surface area contributed by atoms with E-state index in [4.69, 9.17) is 4.98 Å². The number of carbonyl (C=O) groups is 1. The van der Waals surface area contributed by atoms with Crippen LogP contribution < -0.4 is 4.90 Å². The van der Waals surface area contributed by atoms with E-state index in [1.807, 2.05) is 42.5 Å². The molecule has 0 atom stereocenters. The Morgan fingerprint density at radius 2 is 1.71 bits per heavy atom. The molecule has 198 valence electrons. The van der Waals surface area contributed by atoms with E-state index in [2.05, 4.69) is 19.9 Å². The molecule has 0 unspecified atom stereocenters. The average molecular weight is 552 g/mol. The van der Waals surface area contributed by atoms with Crippen molar-refractivity contribution in [1.82, 2.24) is 9.29 Å². The molecular formula is C29H30FN3O3S2. The number of para-hydroxylation sites is 1. The van der Waals surface area contributed by atoms with Gasteiger partial charge >= 0.3 is 0 Å². The van der Waals surface area contributed by atoms with E-state index in [0.29, 0.717) is 30.4 Å². The number of anilines is 1. The minimum Gasteiger partial charge on any atom is -0.283 e. The van der Waals surface area contributed by atoms with Gasteiger partial charge in [-0.1, -0.05) is 67.6 Å². The molecule has 6 nitrogen and oxygen atoms in total. The van der Waals surface area contributed by atoms with Crippen LogP contribution in [-0.2, 0) is 21.4 Å². The van der Waals surface area contributed by atoms with Crippen molar-refractivity contribution in [1.29, 1.82) is 0 Å². The second-order valence-electron chi connectivity index (χ2n) is 9.89. The van der Waals surface area contributed by atoms with E-state index in [9.17, 15) is 17.6 Å². The van der Waals surface area contributed by atoms with E-state index < -0.39 is 15.8 Å². The quantitative estimate of drug-likeness (QED) is 0.275. The van der Waals surface area contributed by atoms with Crippen LogP contribution in [0, 0.1) is 11.7 Å². The number of benzene rings is 3. The van der Waals surface area contributed by atoms with Gasteiger partial charge in [0.05, 0.1) is 21.7 Å². The first-order valence-electron chi connectivity index (χ1n) is 12.7. The third kappa shape index (κ3) is 5.36. The second kappa shape index (κ2) is 10.9. The maximum atomic E-state index is 13.9. The molecule has 0 saturated carbocycles. The third-order valence-corrected chi connectivity index (χ3v) is 9.95. The zero-order valence-electron chi connectivity index (χ0n) is 21.4. The lowest BCUT2D eigenvalue weighted by Gasteiger charge is -2.33. The van der Waals surface area contributed by atoms with Crippen LogP contribution in [0.2, 0.25) is 0 Å². The summed E-state index contributed by atoms with van der Waals surface area (Å²) < 4.78 is 41.8. The molecule has 1 aliphatic rings. The van der Waals surface area contributed by atoms with Gasteiger partial charge in [0.1, 0.15) is 5.82 Å². The SMILES string of the molecule is CC(C)c1cccc2sc(N(Cc3ccccc3)C(=O)C3CCN(S(=O)(=O)c4ccc(F)cc4)CC3)nc12. The van der Waals surface area contributed by atoms with Gasteiger partial charge < -0.3 is 0 Å². The summed E-state index contributed by atoms with van der Waals surface area (Å²) >= 11 is 1.51. The Hall–Kier alpha value is -3.14. The largest absolute Gasteiger partial charge is 0.283 e. The molecule has 3 aromatic carbocycles. The van der Waals surface area contributed by atoms with E-state index in [1.165, 1.54) is 27.8 Å². The molecule has 1 amide bonds. The molecule has 5 rings (SSSR count). The van der Waals surface area contributed by atoms with E-state index >= 15 is 0 Å². The fraction of sp³-hybridized carbons (Fsp3) is 0.310. The number of nitrogens with zero attached hydrogens (tertiary/aromatic N) is 3. The van der Waals surface area contributed by atoms with E-state index in [1.54, 1.807) is 4.90 Å². The number of hydrogen-bond acceptors (Lipinski definition) is 5. The molecule has 1 saturated heterocycles. The number of amides is 1. The molecule has 1 fully saturated rings. The number of piperidine rings is 1. The number of sulfonamides is 1. The number of halogens is 1. The van der Waals surface area contributed by atoms with Crippen LogP contribution in [0.5, 0.6) is 0 Å². The number of rotatable bonds is 7. The van der Waals surface area contributed by atoms with Crippen LogP contribution in [0.25, 0.3) is 10.2 Å². The Bertz CT molecular complexity index is 1530. The first-order chi connectivity index (χ1) is 18.2. The van der Waals surface area contributed by atoms with Gasteiger partial charge in [-0.25, -0.2) is 17.8 Å². The fourth-order valence-corrected chi connectivity index (χ4v) is 7.34. The van der Waals surface area contributed by atoms with Gasteiger partial charge in [-0.3, -0.25) is 9.69 Å². The molecule has 1 aliphatic heterocycles. The van der Waals surface area contributed by atoms with Crippen LogP contribution in [0.15, 0.2) is 77.7 Å². The summed E-state index contributed by atoms with van der Waals surface area (Å²) in [4.78, 5) is 20.7. The molecule has 0 aliphatic carbocycles. The average Bonchev–Trinajstić information content (AvgIpc) is 3.36. The van der Waals surface area contributed by atoms with Gasteiger partial charge in [0.25, 0.3) is 0 Å². The molecule has 9 heteroatoms. The normalized spacial score (nSPS) is 15.3. The van der Waals surface area contributed by atoms with Crippen LogP contribution >= 0.6 is 11.3 Å². The van der Waals surface area contributed by atoms with Crippen molar-refractivity contribution in [3.05, 3.63) is 89.7 Å². The van der Waals surface area contributed by atoms with Crippen molar-refractivity contribution in [3.8, 4) is 0 Å². The van der Waals surface area contributed by atoms with Crippen molar-refractivity contribution in [2.24, 2.45) is 5.92 Å². The summed E-state index contributed by atoms with van der Waals surface area (Å²) in [6.07, 6.45) is 0.819. The zero-order valence-corrected chi connectivity index (χ0v) is 23.0. The van der Waals surface area contributed by atoms with Gasteiger partial charge in [-0.05, 0) is 60.2 Å². The molecular weight excluding hydrogens is 521 g/mol. The molecule has 2 heterocycles. The number of thiazole rings is 1. The Morgan fingerprint density at radius 3 is 2.37 bits per heavy atom. The highest BCUT2D eigenvalue weighted by Crippen LogP contribution is 2.36. The molecule has 0 bridgehead atoms. The summed E-state index contributed by atoms with van der Waals surface area (Å²) in [5, 5.41) is 0.656. The standard InChI is InChI=1S/C29H30FN3O3S2/c1-20(2)25-9-6-10-26-27(25)31-29(37-26)33(19-21-7-4-3-5-8-21)28(34)22-15-17-32(18-16-22)38(35,36)24-13-11-23(30)12-14-24/h3-14,20,22H,15-19H2,1-2H3. The van der Waals surface area contributed by atoms with Crippen LogP contribution in [0.3, 0.4) is 0 Å². The van der Waals surface area contributed by atoms with Gasteiger partial charge in [0.2, 0.25) is 15.9 Å². The summed E-state index contributed by atoms with van der Waals surface area (Å²) in [7, 11) is -3.75. The van der Waals surface area contributed by atoms with Crippen LogP contribution in [0.1, 0.15) is 43.7 Å². The van der Waals surface area contributed by atoms with Crippen molar-refractivity contribution < 1.29 is 17.6 Å². The predicted octanol–water partition coefficient (Wildman–Crippen LogP) is 6.19. The lowest BCUT2D eigenvalue weighted by molar-refractivity contribution is -0.123. The van der Waals surface area contributed by atoms with Gasteiger partial charge in [-0.2, -0.15) is 4.31 Å². The topological polar surface area (TPSA) is 70.6 Å².